The molecule has 0 aliphatic carbocycles. The summed E-state index contributed by atoms with van der Waals surface area (Å²) >= 11 is 0. The average Bonchev–Trinajstić information content (AvgIpc) is 1.61. The second kappa shape index (κ2) is 8.26. The SMILES string of the molecule is Cl.Cl.O=C(O)/C=C\C(=O)O. The Morgan fingerprint density at radius 3 is 1.20 bits per heavy atom. The predicted octanol–water partition coefficient (Wildman–Crippen LogP) is 0.555. The van der Waals surface area contributed by atoms with E-state index in [0.717, 1.165) is 0 Å². The smallest absolute Gasteiger partial charge is 0.328 e. The molecule has 0 saturated carbocycles. The van der Waals surface area contributed by atoms with Gasteiger partial charge in [0.15, 0.2) is 0 Å². The summed E-state index contributed by atoms with van der Waals surface area (Å²) < 4.78 is 0. The largest absolute Gasteiger partial charge is 0.478 e. The second-order valence-corrected chi connectivity index (χ2v) is 1.01. The lowest BCUT2D eigenvalue weighted by molar-refractivity contribution is -0.134. The third-order valence-electron chi connectivity index (χ3n) is 0.368. The molecule has 0 spiro atoms. The van der Waals surface area contributed by atoms with Crippen LogP contribution in [0.2, 0.25) is 0 Å². The molecule has 0 rings (SSSR count). The lowest BCUT2D eigenvalue weighted by atomic mass is 10.5. The van der Waals surface area contributed by atoms with Crippen molar-refractivity contribution in [2.24, 2.45) is 0 Å². The second-order valence-electron chi connectivity index (χ2n) is 1.01. The fourth-order valence-corrected chi connectivity index (χ4v) is 0.143. The van der Waals surface area contributed by atoms with Gasteiger partial charge in [-0.3, -0.25) is 0 Å². The minimum atomic E-state index is -1.26. The van der Waals surface area contributed by atoms with Gasteiger partial charge < -0.3 is 10.2 Å². The minimum absolute atomic E-state index is 0. The van der Waals surface area contributed by atoms with Gasteiger partial charge in [0.25, 0.3) is 0 Å². The molecular formula is C4H6Cl2O4. The Hall–Kier alpha value is -0.740. The van der Waals surface area contributed by atoms with E-state index in [-0.39, 0.29) is 24.8 Å². The van der Waals surface area contributed by atoms with Crippen LogP contribution in [0.5, 0.6) is 0 Å². The first kappa shape index (κ1) is 16.1. The maximum absolute atomic E-state index is 9.55. The molecule has 0 aliphatic heterocycles. The first-order valence-electron chi connectivity index (χ1n) is 1.77. The first-order valence-corrected chi connectivity index (χ1v) is 1.77. The molecule has 0 radical (unpaired) electrons. The van der Waals surface area contributed by atoms with Crippen LogP contribution in [-0.2, 0) is 9.59 Å². The van der Waals surface area contributed by atoms with E-state index in [9.17, 15) is 9.59 Å². The number of carboxylic acid groups (broad SMARTS) is 2. The van der Waals surface area contributed by atoms with Gasteiger partial charge in [0, 0.05) is 12.2 Å². The number of hydrogen-bond donors (Lipinski definition) is 2. The van der Waals surface area contributed by atoms with E-state index in [1.54, 1.807) is 0 Å². The summed E-state index contributed by atoms with van der Waals surface area (Å²) in [4.78, 5) is 19.1. The molecule has 0 aromatic carbocycles. The van der Waals surface area contributed by atoms with Crippen molar-refractivity contribution >= 4 is 36.8 Å². The Morgan fingerprint density at radius 2 is 1.10 bits per heavy atom. The van der Waals surface area contributed by atoms with Gasteiger partial charge in [0.05, 0.1) is 0 Å². The normalized spacial score (nSPS) is 7.60. The molecule has 0 aliphatic rings. The average molecular weight is 189 g/mol. The van der Waals surface area contributed by atoms with E-state index >= 15 is 0 Å². The molecular weight excluding hydrogens is 183 g/mol. The van der Waals surface area contributed by atoms with Gasteiger partial charge in [0.1, 0.15) is 0 Å². The van der Waals surface area contributed by atoms with Gasteiger partial charge in [-0.15, -0.1) is 24.8 Å². The van der Waals surface area contributed by atoms with Gasteiger partial charge in [0.2, 0.25) is 0 Å². The third kappa shape index (κ3) is 15.7. The van der Waals surface area contributed by atoms with Crippen molar-refractivity contribution in [3.63, 3.8) is 0 Å². The van der Waals surface area contributed by atoms with Crippen LogP contribution in [0.1, 0.15) is 0 Å². The molecule has 0 bridgehead atoms. The molecule has 2 N–H and O–H groups in total. The van der Waals surface area contributed by atoms with E-state index in [4.69, 9.17) is 10.2 Å². The van der Waals surface area contributed by atoms with Crippen molar-refractivity contribution in [1.29, 1.82) is 0 Å². The Kier molecular flexibility index (Phi) is 13.3. The number of carbonyl (C=O) groups is 2. The monoisotopic (exact) mass is 188 g/mol. The Labute approximate surface area is 69.4 Å². The fourth-order valence-electron chi connectivity index (χ4n) is 0.143. The molecule has 0 saturated heterocycles. The number of hydrogen-bond acceptors (Lipinski definition) is 2. The lowest BCUT2D eigenvalue weighted by Crippen LogP contribution is -1.91. The fraction of sp³-hybridized carbons (Fsp3) is 0. The van der Waals surface area contributed by atoms with Crippen LogP contribution in [0.3, 0.4) is 0 Å². The topological polar surface area (TPSA) is 74.6 Å². The quantitative estimate of drug-likeness (QED) is 0.622. The molecule has 0 unspecified atom stereocenters. The Morgan fingerprint density at radius 1 is 0.900 bits per heavy atom. The highest BCUT2D eigenvalue weighted by atomic mass is 35.5. The van der Waals surface area contributed by atoms with Gasteiger partial charge in [-0.1, -0.05) is 0 Å². The van der Waals surface area contributed by atoms with Gasteiger partial charge in [-0.05, 0) is 0 Å². The summed E-state index contributed by atoms with van der Waals surface area (Å²) in [5.74, 6) is -2.51. The van der Waals surface area contributed by atoms with E-state index in [2.05, 4.69) is 0 Å². The number of halogens is 2. The molecule has 10 heavy (non-hydrogen) atoms. The van der Waals surface area contributed by atoms with E-state index in [0.29, 0.717) is 12.2 Å². The van der Waals surface area contributed by atoms with Crippen LogP contribution in [0.15, 0.2) is 12.2 Å². The summed E-state index contributed by atoms with van der Waals surface area (Å²) in [6.45, 7) is 0. The van der Waals surface area contributed by atoms with E-state index in [1.165, 1.54) is 0 Å². The molecule has 0 heterocycles. The lowest BCUT2D eigenvalue weighted by Gasteiger charge is -1.74. The zero-order chi connectivity index (χ0) is 6.57. The Bertz CT molecular complexity index is 126. The molecule has 60 valence electrons. The number of aliphatic carboxylic acids is 2. The van der Waals surface area contributed by atoms with Crippen LogP contribution in [-0.4, -0.2) is 22.2 Å². The van der Waals surface area contributed by atoms with Crippen molar-refractivity contribution in [2.45, 2.75) is 0 Å². The number of rotatable bonds is 2. The van der Waals surface area contributed by atoms with Gasteiger partial charge >= 0.3 is 11.9 Å². The van der Waals surface area contributed by atoms with Gasteiger partial charge in [-0.25, -0.2) is 9.59 Å². The minimum Gasteiger partial charge on any atom is -0.478 e. The molecule has 0 atom stereocenters. The zero-order valence-electron chi connectivity index (χ0n) is 4.68. The molecule has 0 aromatic heterocycles. The summed E-state index contributed by atoms with van der Waals surface area (Å²) in [6, 6.07) is 0. The molecule has 0 fully saturated rings. The van der Waals surface area contributed by atoms with Crippen molar-refractivity contribution in [3.05, 3.63) is 12.2 Å². The van der Waals surface area contributed by atoms with E-state index < -0.39 is 11.9 Å². The van der Waals surface area contributed by atoms with Crippen LogP contribution in [0.4, 0.5) is 0 Å². The standard InChI is InChI=1S/C4H4O4.2ClH/c5-3(6)1-2-4(7)8;;/h1-2H,(H,5,6)(H,7,8);2*1H/b2-1-;;. The van der Waals surface area contributed by atoms with Crippen LogP contribution in [0.25, 0.3) is 0 Å². The van der Waals surface area contributed by atoms with Crippen LogP contribution < -0.4 is 0 Å². The van der Waals surface area contributed by atoms with E-state index in [1.807, 2.05) is 0 Å². The van der Waals surface area contributed by atoms with Crippen LogP contribution >= 0.6 is 24.8 Å². The summed E-state index contributed by atoms with van der Waals surface area (Å²) in [6.07, 6.45) is 1.12. The highest BCUT2D eigenvalue weighted by Crippen LogP contribution is 1.70. The molecule has 0 aromatic rings. The van der Waals surface area contributed by atoms with Crippen molar-refractivity contribution in [1.82, 2.24) is 0 Å². The highest BCUT2D eigenvalue weighted by molar-refractivity contribution is 5.89. The maximum atomic E-state index is 9.55. The van der Waals surface area contributed by atoms with Crippen molar-refractivity contribution < 1.29 is 19.8 Å². The molecule has 4 nitrogen and oxygen atoms in total. The predicted molar refractivity (Wildman–Crippen MR) is 38.9 cm³/mol. The Balaban J connectivity index is -0.000000245. The van der Waals surface area contributed by atoms with Crippen molar-refractivity contribution in [2.75, 3.05) is 0 Å². The summed E-state index contributed by atoms with van der Waals surface area (Å²) in [5, 5.41) is 15.6. The van der Waals surface area contributed by atoms with Crippen molar-refractivity contribution in [3.8, 4) is 0 Å². The highest BCUT2D eigenvalue weighted by Gasteiger charge is 1.88. The summed E-state index contributed by atoms with van der Waals surface area (Å²) in [7, 11) is 0. The first-order chi connectivity index (χ1) is 3.63. The maximum Gasteiger partial charge on any atom is 0.328 e. The number of carboxylic acids is 2. The van der Waals surface area contributed by atoms with Gasteiger partial charge in [-0.2, -0.15) is 0 Å². The summed E-state index contributed by atoms with van der Waals surface area (Å²) in [5.41, 5.74) is 0. The zero-order valence-corrected chi connectivity index (χ0v) is 6.32. The van der Waals surface area contributed by atoms with Crippen LogP contribution in [0, 0.1) is 0 Å². The molecule has 0 amide bonds. The third-order valence-corrected chi connectivity index (χ3v) is 0.368. The molecule has 6 heteroatoms.